The lowest BCUT2D eigenvalue weighted by molar-refractivity contribution is -0.135. The number of carbonyl (C=O) groups is 3. The van der Waals surface area contributed by atoms with Crippen LogP contribution in [0.4, 0.5) is 4.79 Å². The smallest absolute Gasteiger partial charge is 0.407 e. The Balaban J connectivity index is 4.22. The molecule has 0 rings (SSSR count). The summed E-state index contributed by atoms with van der Waals surface area (Å²) in [6, 6.07) is 0. The quantitative estimate of drug-likeness (QED) is 0.466. The molecule has 8 nitrogen and oxygen atoms in total. The van der Waals surface area contributed by atoms with Crippen molar-refractivity contribution >= 4 is 28.7 Å². The molecule has 0 aliphatic carbocycles. The summed E-state index contributed by atoms with van der Waals surface area (Å²) in [7, 11) is 0. The zero-order valence-corrected chi connectivity index (χ0v) is 14.5. The van der Waals surface area contributed by atoms with Gasteiger partial charge in [0.1, 0.15) is 18.5 Å². The molecular formula is C14H25NO7S. The Kier molecular flexibility index (Phi) is 9.85. The van der Waals surface area contributed by atoms with Crippen molar-refractivity contribution in [2.24, 2.45) is 5.41 Å². The van der Waals surface area contributed by atoms with Crippen LogP contribution in [0.25, 0.3) is 0 Å². The van der Waals surface area contributed by atoms with Gasteiger partial charge >= 0.3 is 6.09 Å². The summed E-state index contributed by atoms with van der Waals surface area (Å²) in [5, 5.41) is 12.3. The van der Waals surface area contributed by atoms with Gasteiger partial charge in [-0.1, -0.05) is 13.8 Å². The zero-order valence-electron chi connectivity index (χ0n) is 13.7. The Morgan fingerprint density at radius 1 is 1.26 bits per heavy atom. The summed E-state index contributed by atoms with van der Waals surface area (Å²) >= 11 is -2.00. The number of hydrogen-bond acceptors (Lipinski definition) is 6. The van der Waals surface area contributed by atoms with Gasteiger partial charge in [-0.05, 0) is 13.3 Å². The summed E-state index contributed by atoms with van der Waals surface area (Å²) in [6.45, 7) is 4.38. The van der Waals surface area contributed by atoms with E-state index in [1.807, 2.05) is 0 Å². The van der Waals surface area contributed by atoms with Gasteiger partial charge in [0, 0.05) is 24.8 Å². The molecule has 0 heterocycles. The number of alkyl carbamates (subject to hydrolysis) is 1. The minimum Gasteiger partial charge on any atom is -0.449 e. The first-order valence-corrected chi connectivity index (χ1v) is 8.52. The topological polar surface area (TPSA) is 130 Å². The van der Waals surface area contributed by atoms with E-state index in [1.54, 1.807) is 13.8 Å². The molecule has 0 aromatic carbocycles. The summed E-state index contributed by atoms with van der Waals surface area (Å²) < 4.78 is 23.9. The molecule has 2 atom stereocenters. The fourth-order valence-electron chi connectivity index (χ4n) is 1.71. The third-order valence-electron chi connectivity index (χ3n) is 3.12. The van der Waals surface area contributed by atoms with Crippen molar-refractivity contribution in [2.75, 3.05) is 18.9 Å². The largest absolute Gasteiger partial charge is 0.449 e. The number of Topliss-reactive ketones (excluding diaryl/α,β-unsaturated/α-hetero) is 2. The molecule has 134 valence electrons. The van der Waals surface area contributed by atoms with Gasteiger partial charge in [0.25, 0.3) is 0 Å². The molecule has 0 radical (unpaired) electrons. The van der Waals surface area contributed by atoms with Crippen molar-refractivity contribution in [1.29, 1.82) is 0 Å². The number of rotatable bonds is 11. The molecule has 0 fully saturated rings. The first-order chi connectivity index (χ1) is 10.6. The number of carbonyl (C=O) groups excluding carboxylic acids is 3. The first-order valence-electron chi connectivity index (χ1n) is 7.24. The second-order valence-electron chi connectivity index (χ2n) is 5.94. The fraction of sp³-hybridized carbons (Fsp3) is 0.786. The Bertz CT molecular complexity index is 450. The third kappa shape index (κ3) is 10.1. The minimum absolute atomic E-state index is 0.0182. The molecule has 0 aromatic heterocycles. The molecule has 0 aliphatic heterocycles. The highest BCUT2D eigenvalue weighted by atomic mass is 32.2. The van der Waals surface area contributed by atoms with Crippen molar-refractivity contribution in [2.45, 2.75) is 46.1 Å². The van der Waals surface area contributed by atoms with Gasteiger partial charge in [0.05, 0.1) is 5.75 Å². The SMILES string of the molecule is CC(=O)CCCC(=O)[C@H](O)C(C)(C)COC(=O)NCCS(=O)O. The van der Waals surface area contributed by atoms with Gasteiger partial charge in [-0.15, -0.1) is 0 Å². The molecule has 0 saturated heterocycles. The molecule has 1 unspecified atom stereocenters. The van der Waals surface area contributed by atoms with Gasteiger partial charge < -0.3 is 24.5 Å². The van der Waals surface area contributed by atoms with Crippen molar-refractivity contribution in [3.05, 3.63) is 0 Å². The summed E-state index contributed by atoms with van der Waals surface area (Å²) in [4.78, 5) is 34.1. The van der Waals surface area contributed by atoms with E-state index in [1.165, 1.54) is 6.92 Å². The number of ether oxygens (including phenoxy) is 1. The van der Waals surface area contributed by atoms with E-state index in [0.29, 0.717) is 6.42 Å². The lowest BCUT2D eigenvalue weighted by atomic mass is 9.84. The molecule has 0 bridgehead atoms. The first kappa shape index (κ1) is 21.7. The van der Waals surface area contributed by atoms with Crippen molar-refractivity contribution in [1.82, 2.24) is 5.32 Å². The molecular weight excluding hydrogens is 326 g/mol. The maximum absolute atomic E-state index is 11.9. The lowest BCUT2D eigenvalue weighted by Crippen LogP contribution is -2.41. The Morgan fingerprint density at radius 2 is 1.87 bits per heavy atom. The maximum atomic E-state index is 11.9. The highest BCUT2D eigenvalue weighted by molar-refractivity contribution is 7.79. The summed E-state index contributed by atoms with van der Waals surface area (Å²) in [6.07, 6.45) is -1.36. The Hall–Kier alpha value is -1.32. The van der Waals surface area contributed by atoms with Crippen LogP contribution in [0.2, 0.25) is 0 Å². The lowest BCUT2D eigenvalue weighted by Gasteiger charge is -2.28. The van der Waals surface area contributed by atoms with Crippen molar-refractivity contribution in [3.63, 3.8) is 0 Å². The van der Waals surface area contributed by atoms with E-state index in [9.17, 15) is 23.7 Å². The zero-order chi connectivity index (χ0) is 18.0. The van der Waals surface area contributed by atoms with Crippen molar-refractivity contribution < 1.29 is 33.0 Å². The van der Waals surface area contributed by atoms with E-state index in [4.69, 9.17) is 9.29 Å². The fourth-order valence-corrected chi connectivity index (χ4v) is 1.98. The molecule has 0 saturated carbocycles. The predicted octanol–water partition coefficient (Wildman–Crippen LogP) is 0.650. The Labute approximate surface area is 138 Å². The molecule has 0 aliphatic rings. The van der Waals surface area contributed by atoms with Crippen LogP contribution >= 0.6 is 0 Å². The molecule has 0 aromatic rings. The second-order valence-corrected chi connectivity index (χ2v) is 6.99. The summed E-state index contributed by atoms with van der Waals surface area (Å²) in [5.74, 6) is -0.540. The average Bonchev–Trinajstić information content (AvgIpc) is 2.43. The van der Waals surface area contributed by atoms with Crippen LogP contribution in [-0.4, -0.2) is 56.5 Å². The van der Waals surface area contributed by atoms with Crippen LogP contribution in [0.3, 0.4) is 0 Å². The van der Waals surface area contributed by atoms with E-state index in [2.05, 4.69) is 5.32 Å². The normalized spacial score (nSPS) is 14.0. The Morgan fingerprint density at radius 3 is 2.39 bits per heavy atom. The number of ketones is 2. The number of aliphatic hydroxyl groups is 1. The van der Waals surface area contributed by atoms with Gasteiger partial charge in [0.2, 0.25) is 0 Å². The maximum Gasteiger partial charge on any atom is 0.407 e. The molecule has 23 heavy (non-hydrogen) atoms. The van der Waals surface area contributed by atoms with Crippen LogP contribution in [0.5, 0.6) is 0 Å². The number of nitrogens with one attached hydrogen (secondary N) is 1. The average molecular weight is 351 g/mol. The van der Waals surface area contributed by atoms with E-state index in [0.717, 1.165) is 0 Å². The molecule has 0 spiro atoms. The predicted molar refractivity (Wildman–Crippen MR) is 84.3 cm³/mol. The molecule has 3 N–H and O–H groups in total. The standard InChI is InChI=1S/C14H25NO7S/c1-10(16)5-4-6-11(17)12(18)14(2,3)9-22-13(19)15-7-8-23(20)21/h12,18H,4-9H2,1-3H3,(H,15,19)(H,20,21)/t12-/m0/s1. The van der Waals surface area contributed by atoms with Gasteiger partial charge in [-0.3, -0.25) is 4.79 Å². The number of aliphatic hydroxyl groups excluding tert-OH is 1. The molecule has 1 amide bonds. The van der Waals surface area contributed by atoms with Gasteiger partial charge in [-0.25, -0.2) is 9.00 Å². The third-order valence-corrected chi connectivity index (χ3v) is 3.67. The highest BCUT2D eigenvalue weighted by Gasteiger charge is 2.34. The number of hydrogen-bond donors (Lipinski definition) is 3. The van der Waals surface area contributed by atoms with E-state index < -0.39 is 34.5 Å². The van der Waals surface area contributed by atoms with E-state index in [-0.39, 0.29) is 37.5 Å². The van der Waals surface area contributed by atoms with Crippen LogP contribution in [0.15, 0.2) is 0 Å². The monoisotopic (exact) mass is 351 g/mol. The van der Waals surface area contributed by atoms with Crippen LogP contribution in [-0.2, 0) is 25.4 Å². The van der Waals surface area contributed by atoms with Crippen LogP contribution in [0, 0.1) is 5.41 Å². The number of amides is 1. The van der Waals surface area contributed by atoms with Crippen molar-refractivity contribution in [3.8, 4) is 0 Å². The second kappa shape index (κ2) is 10.5. The van der Waals surface area contributed by atoms with Crippen LogP contribution in [0.1, 0.15) is 40.0 Å². The van der Waals surface area contributed by atoms with E-state index >= 15 is 0 Å². The van der Waals surface area contributed by atoms with Gasteiger partial charge in [0.15, 0.2) is 16.9 Å². The summed E-state index contributed by atoms with van der Waals surface area (Å²) in [5.41, 5.74) is -0.982. The highest BCUT2D eigenvalue weighted by Crippen LogP contribution is 2.23. The molecule has 9 heteroatoms. The van der Waals surface area contributed by atoms with Gasteiger partial charge in [-0.2, -0.15) is 0 Å². The minimum atomic E-state index is -2.00. The van der Waals surface area contributed by atoms with Crippen LogP contribution < -0.4 is 5.32 Å².